The van der Waals surface area contributed by atoms with Gasteiger partial charge < -0.3 is 10.6 Å². The zero-order valence-electron chi connectivity index (χ0n) is 12.3. The number of carbonyl (C=O) groups is 1. The van der Waals surface area contributed by atoms with Gasteiger partial charge in [-0.25, -0.2) is 0 Å². The molecule has 1 amide bonds. The molecule has 0 radical (unpaired) electrons. The molecule has 0 spiro atoms. The number of benzene rings is 2. The molecule has 2 aromatic rings. The number of nitrogen functional groups attached to an aromatic ring is 1. The minimum absolute atomic E-state index is 0.00924. The predicted octanol–water partition coefficient (Wildman–Crippen LogP) is 3.89. The van der Waals surface area contributed by atoms with Crippen LogP contribution in [0.25, 0.3) is 0 Å². The third-order valence-corrected chi connectivity index (χ3v) is 3.65. The summed E-state index contributed by atoms with van der Waals surface area (Å²) in [7, 11) is 0. The molecule has 0 unspecified atom stereocenters. The van der Waals surface area contributed by atoms with Crippen LogP contribution in [0, 0.1) is 6.92 Å². The zero-order valence-corrected chi connectivity index (χ0v) is 13.0. The van der Waals surface area contributed by atoms with Crippen LogP contribution in [0.15, 0.2) is 42.5 Å². The number of nitrogens with two attached hydrogens (primary N) is 1. The van der Waals surface area contributed by atoms with Crippen molar-refractivity contribution in [2.24, 2.45) is 0 Å². The number of anilines is 1. The van der Waals surface area contributed by atoms with Gasteiger partial charge in [-0.15, -0.1) is 0 Å². The van der Waals surface area contributed by atoms with Crippen molar-refractivity contribution in [2.45, 2.75) is 20.4 Å². The Labute approximate surface area is 130 Å². The van der Waals surface area contributed by atoms with Crippen molar-refractivity contribution in [3.05, 3.63) is 64.2 Å². The molecule has 0 aliphatic carbocycles. The Hall–Kier alpha value is -2.00. The van der Waals surface area contributed by atoms with Gasteiger partial charge in [-0.05, 0) is 55.3 Å². The molecule has 0 bridgehead atoms. The lowest BCUT2D eigenvalue weighted by Gasteiger charge is -2.22. The molecule has 0 atom stereocenters. The molecule has 2 aromatic carbocycles. The molecule has 0 aliphatic heterocycles. The van der Waals surface area contributed by atoms with Gasteiger partial charge in [0.15, 0.2) is 0 Å². The van der Waals surface area contributed by atoms with Crippen LogP contribution in [0.5, 0.6) is 0 Å². The van der Waals surface area contributed by atoms with Crippen molar-refractivity contribution < 1.29 is 4.79 Å². The van der Waals surface area contributed by atoms with Crippen molar-refractivity contribution in [1.82, 2.24) is 4.90 Å². The first-order valence-electron chi connectivity index (χ1n) is 6.91. The largest absolute Gasteiger partial charge is 0.399 e. The molecule has 0 heterocycles. The van der Waals surface area contributed by atoms with E-state index in [0.29, 0.717) is 29.4 Å². The summed E-state index contributed by atoms with van der Waals surface area (Å²) < 4.78 is 0. The number of nitrogens with zero attached hydrogens (tertiary/aromatic N) is 1. The van der Waals surface area contributed by atoms with Crippen LogP contribution in [0.1, 0.15) is 28.4 Å². The van der Waals surface area contributed by atoms with Gasteiger partial charge in [0.2, 0.25) is 0 Å². The van der Waals surface area contributed by atoms with Crippen LogP contribution < -0.4 is 5.73 Å². The summed E-state index contributed by atoms with van der Waals surface area (Å²) in [5.41, 5.74) is 9.01. The van der Waals surface area contributed by atoms with E-state index in [2.05, 4.69) is 0 Å². The average Bonchev–Trinajstić information content (AvgIpc) is 2.44. The normalized spacial score (nSPS) is 10.4. The highest BCUT2D eigenvalue weighted by Crippen LogP contribution is 2.17. The van der Waals surface area contributed by atoms with Gasteiger partial charge in [-0.2, -0.15) is 0 Å². The fourth-order valence-electron chi connectivity index (χ4n) is 2.28. The lowest BCUT2D eigenvalue weighted by molar-refractivity contribution is 0.0752. The Bertz CT molecular complexity index is 655. The molecule has 0 saturated heterocycles. The summed E-state index contributed by atoms with van der Waals surface area (Å²) in [5, 5.41) is 0.680. The topological polar surface area (TPSA) is 46.3 Å². The minimum atomic E-state index is 0.00924. The first kappa shape index (κ1) is 15.4. The van der Waals surface area contributed by atoms with Gasteiger partial charge in [0.05, 0.1) is 0 Å². The molecular formula is C17H19ClN2O. The molecule has 0 aliphatic rings. The van der Waals surface area contributed by atoms with E-state index in [4.69, 9.17) is 17.3 Å². The summed E-state index contributed by atoms with van der Waals surface area (Å²) in [6, 6.07) is 12.9. The maximum atomic E-state index is 12.6. The summed E-state index contributed by atoms with van der Waals surface area (Å²) in [6.45, 7) is 5.04. The Kier molecular flexibility index (Phi) is 4.86. The van der Waals surface area contributed by atoms with Crippen molar-refractivity contribution in [1.29, 1.82) is 0 Å². The second-order valence-electron chi connectivity index (χ2n) is 5.02. The predicted molar refractivity (Wildman–Crippen MR) is 87.5 cm³/mol. The van der Waals surface area contributed by atoms with Crippen molar-refractivity contribution >= 4 is 23.2 Å². The van der Waals surface area contributed by atoms with E-state index >= 15 is 0 Å². The zero-order chi connectivity index (χ0) is 15.4. The van der Waals surface area contributed by atoms with Gasteiger partial charge in [-0.1, -0.05) is 23.7 Å². The van der Waals surface area contributed by atoms with Gasteiger partial charge >= 0.3 is 0 Å². The van der Waals surface area contributed by atoms with Crippen LogP contribution >= 0.6 is 11.6 Å². The van der Waals surface area contributed by atoms with E-state index in [-0.39, 0.29) is 5.91 Å². The standard InChI is InChI=1S/C17H19ClN2O/c1-3-20(11-13-5-4-6-14(18)10-13)17(21)16-8-7-15(19)9-12(16)2/h4-10H,3,11,19H2,1-2H3. The van der Waals surface area contributed by atoms with Gasteiger partial charge in [0, 0.05) is 29.4 Å². The van der Waals surface area contributed by atoms with E-state index in [1.165, 1.54) is 0 Å². The summed E-state index contributed by atoms with van der Waals surface area (Å²) >= 11 is 5.99. The third kappa shape index (κ3) is 3.76. The van der Waals surface area contributed by atoms with Crippen molar-refractivity contribution in [2.75, 3.05) is 12.3 Å². The van der Waals surface area contributed by atoms with Gasteiger partial charge in [0.25, 0.3) is 5.91 Å². The molecular weight excluding hydrogens is 284 g/mol. The molecule has 110 valence electrons. The van der Waals surface area contributed by atoms with E-state index in [1.54, 1.807) is 17.0 Å². The highest BCUT2D eigenvalue weighted by Gasteiger charge is 2.16. The summed E-state index contributed by atoms with van der Waals surface area (Å²) in [5.74, 6) is 0.00924. The Morgan fingerprint density at radius 2 is 2.00 bits per heavy atom. The molecule has 2 N–H and O–H groups in total. The average molecular weight is 303 g/mol. The number of hydrogen-bond donors (Lipinski definition) is 1. The monoisotopic (exact) mass is 302 g/mol. The quantitative estimate of drug-likeness (QED) is 0.871. The van der Waals surface area contributed by atoms with Crippen molar-refractivity contribution in [3.8, 4) is 0 Å². The lowest BCUT2D eigenvalue weighted by atomic mass is 10.1. The summed E-state index contributed by atoms with van der Waals surface area (Å²) in [6.07, 6.45) is 0. The second kappa shape index (κ2) is 6.64. The number of halogens is 1. The third-order valence-electron chi connectivity index (χ3n) is 3.41. The van der Waals surface area contributed by atoms with Crippen LogP contribution in [-0.4, -0.2) is 17.4 Å². The maximum absolute atomic E-state index is 12.6. The maximum Gasteiger partial charge on any atom is 0.254 e. The van der Waals surface area contributed by atoms with Crippen molar-refractivity contribution in [3.63, 3.8) is 0 Å². The first-order valence-corrected chi connectivity index (χ1v) is 7.29. The highest BCUT2D eigenvalue weighted by molar-refractivity contribution is 6.30. The van der Waals surface area contributed by atoms with Gasteiger partial charge in [0.1, 0.15) is 0 Å². The van der Waals surface area contributed by atoms with Gasteiger partial charge in [-0.3, -0.25) is 4.79 Å². The molecule has 0 aromatic heterocycles. The van der Waals surface area contributed by atoms with E-state index in [0.717, 1.165) is 11.1 Å². The molecule has 21 heavy (non-hydrogen) atoms. The first-order chi connectivity index (χ1) is 10.0. The number of carbonyl (C=O) groups excluding carboxylic acids is 1. The molecule has 0 fully saturated rings. The summed E-state index contributed by atoms with van der Waals surface area (Å²) in [4.78, 5) is 14.4. The number of hydrogen-bond acceptors (Lipinski definition) is 2. The fraction of sp³-hybridized carbons (Fsp3) is 0.235. The number of rotatable bonds is 4. The van der Waals surface area contributed by atoms with Crippen LogP contribution in [0.3, 0.4) is 0 Å². The molecule has 0 saturated carbocycles. The Morgan fingerprint density at radius 3 is 2.62 bits per heavy atom. The number of amides is 1. The molecule has 3 nitrogen and oxygen atoms in total. The smallest absolute Gasteiger partial charge is 0.254 e. The fourth-order valence-corrected chi connectivity index (χ4v) is 2.49. The second-order valence-corrected chi connectivity index (χ2v) is 5.46. The Morgan fingerprint density at radius 1 is 1.24 bits per heavy atom. The molecule has 4 heteroatoms. The van der Waals surface area contributed by atoms with Crippen LogP contribution in [0.2, 0.25) is 5.02 Å². The minimum Gasteiger partial charge on any atom is -0.399 e. The van der Waals surface area contributed by atoms with Crippen LogP contribution in [-0.2, 0) is 6.54 Å². The van der Waals surface area contributed by atoms with E-state index < -0.39 is 0 Å². The lowest BCUT2D eigenvalue weighted by Crippen LogP contribution is -2.30. The number of aryl methyl sites for hydroxylation is 1. The highest BCUT2D eigenvalue weighted by atomic mass is 35.5. The van der Waals surface area contributed by atoms with E-state index in [9.17, 15) is 4.79 Å². The Balaban J connectivity index is 2.22. The SMILES string of the molecule is CCN(Cc1cccc(Cl)c1)C(=O)c1ccc(N)cc1C. The molecule has 2 rings (SSSR count). The van der Waals surface area contributed by atoms with Crippen LogP contribution in [0.4, 0.5) is 5.69 Å². The van der Waals surface area contributed by atoms with E-state index in [1.807, 2.05) is 44.2 Å².